The molecule has 0 fully saturated rings. The molecule has 1 aromatic heterocycles. The summed E-state index contributed by atoms with van der Waals surface area (Å²) in [5, 5.41) is 3.95. The maximum absolute atomic E-state index is 13.2. The molecule has 0 radical (unpaired) electrons. The molecule has 1 heterocycles. The Bertz CT molecular complexity index is 602. The van der Waals surface area contributed by atoms with Crippen molar-refractivity contribution in [2.45, 2.75) is 19.5 Å². The minimum Gasteiger partial charge on any atom is -0.340 e. The summed E-state index contributed by atoms with van der Waals surface area (Å²) in [5.74, 6) is -0.444. The van der Waals surface area contributed by atoms with Gasteiger partial charge in [0.2, 0.25) is 5.91 Å². The van der Waals surface area contributed by atoms with Crippen LogP contribution >= 0.6 is 15.9 Å². The van der Waals surface area contributed by atoms with Crippen LogP contribution < -0.4 is 0 Å². The molecule has 1 aromatic carbocycles. The third-order valence-electron chi connectivity index (χ3n) is 2.98. The SMILES string of the molecule is C[C@H](C(=O)N(C)Cc1cc(F)ccc1Br)n1cncn1. The molecule has 20 heavy (non-hydrogen) atoms. The molecule has 0 saturated carbocycles. The zero-order valence-electron chi connectivity index (χ0n) is 11.1. The summed E-state index contributed by atoms with van der Waals surface area (Å²) < 4.78 is 15.5. The maximum atomic E-state index is 13.2. The average Bonchev–Trinajstić information content (AvgIpc) is 2.95. The van der Waals surface area contributed by atoms with Crippen molar-refractivity contribution >= 4 is 21.8 Å². The van der Waals surface area contributed by atoms with Crippen LogP contribution in [-0.2, 0) is 11.3 Å². The average molecular weight is 341 g/mol. The van der Waals surface area contributed by atoms with Crippen LogP contribution in [0.1, 0.15) is 18.5 Å². The number of aromatic nitrogens is 3. The van der Waals surface area contributed by atoms with Crippen molar-refractivity contribution < 1.29 is 9.18 Å². The van der Waals surface area contributed by atoms with E-state index in [4.69, 9.17) is 0 Å². The highest BCUT2D eigenvalue weighted by Gasteiger charge is 2.20. The van der Waals surface area contributed by atoms with Crippen molar-refractivity contribution in [3.05, 3.63) is 46.7 Å². The Hall–Kier alpha value is -1.76. The smallest absolute Gasteiger partial charge is 0.247 e. The van der Waals surface area contributed by atoms with E-state index in [1.165, 1.54) is 34.4 Å². The quantitative estimate of drug-likeness (QED) is 0.858. The molecule has 2 aromatic rings. The third-order valence-corrected chi connectivity index (χ3v) is 3.76. The lowest BCUT2D eigenvalue weighted by atomic mass is 10.2. The third kappa shape index (κ3) is 3.22. The summed E-state index contributed by atoms with van der Waals surface area (Å²) in [6, 6.07) is 3.96. The predicted molar refractivity (Wildman–Crippen MR) is 75.3 cm³/mol. The van der Waals surface area contributed by atoms with Crippen LogP contribution in [0.25, 0.3) is 0 Å². The number of halogens is 2. The van der Waals surface area contributed by atoms with Crippen LogP contribution in [0.3, 0.4) is 0 Å². The second-order valence-electron chi connectivity index (χ2n) is 4.48. The van der Waals surface area contributed by atoms with E-state index in [1.807, 2.05) is 0 Å². The van der Waals surface area contributed by atoms with E-state index in [9.17, 15) is 9.18 Å². The van der Waals surface area contributed by atoms with Gasteiger partial charge in [-0.3, -0.25) is 4.79 Å². The van der Waals surface area contributed by atoms with E-state index in [0.29, 0.717) is 12.1 Å². The van der Waals surface area contributed by atoms with Gasteiger partial charge in [0.25, 0.3) is 0 Å². The van der Waals surface area contributed by atoms with E-state index in [-0.39, 0.29) is 11.7 Å². The van der Waals surface area contributed by atoms with Gasteiger partial charge in [0, 0.05) is 18.1 Å². The summed E-state index contributed by atoms with van der Waals surface area (Å²) in [7, 11) is 1.67. The Kier molecular flexibility index (Phi) is 4.49. The normalized spacial score (nSPS) is 12.2. The molecule has 7 heteroatoms. The molecule has 0 N–H and O–H groups in total. The van der Waals surface area contributed by atoms with Crippen LogP contribution in [0.5, 0.6) is 0 Å². The molecular weight excluding hydrogens is 327 g/mol. The molecule has 0 spiro atoms. The molecule has 0 aliphatic rings. The fraction of sp³-hybridized carbons (Fsp3) is 0.308. The van der Waals surface area contributed by atoms with Gasteiger partial charge in [-0.25, -0.2) is 14.1 Å². The molecule has 106 valence electrons. The summed E-state index contributed by atoms with van der Waals surface area (Å²) in [6.45, 7) is 2.06. The van der Waals surface area contributed by atoms with Gasteiger partial charge in [0.05, 0.1) is 0 Å². The highest BCUT2D eigenvalue weighted by Crippen LogP contribution is 2.20. The van der Waals surface area contributed by atoms with Crippen molar-refractivity contribution in [1.82, 2.24) is 19.7 Å². The molecular formula is C13H14BrFN4O. The number of carbonyl (C=O) groups is 1. The first-order valence-corrected chi connectivity index (χ1v) is 6.81. The van der Waals surface area contributed by atoms with Gasteiger partial charge >= 0.3 is 0 Å². The van der Waals surface area contributed by atoms with E-state index in [2.05, 4.69) is 26.0 Å². The minimum absolute atomic E-state index is 0.119. The van der Waals surface area contributed by atoms with E-state index >= 15 is 0 Å². The standard InChI is InChI=1S/C13H14BrFN4O/c1-9(19-8-16-7-17-19)13(20)18(2)6-10-5-11(15)3-4-12(10)14/h3-5,7-9H,6H2,1-2H3/t9-/m1/s1. The van der Waals surface area contributed by atoms with Gasteiger partial charge < -0.3 is 4.90 Å². The lowest BCUT2D eigenvalue weighted by Gasteiger charge is -2.22. The maximum Gasteiger partial charge on any atom is 0.247 e. The molecule has 0 saturated heterocycles. The molecule has 0 aliphatic heterocycles. The second-order valence-corrected chi connectivity index (χ2v) is 5.34. The first kappa shape index (κ1) is 14.6. The van der Waals surface area contributed by atoms with Crippen molar-refractivity contribution in [2.75, 3.05) is 7.05 Å². The molecule has 5 nitrogen and oxygen atoms in total. The highest BCUT2D eigenvalue weighted by molar-refractivity contribution is 9.10. The summed E-state index contributed by atoms with van der Waals surface area (Å²) in [4.78, 5) is 17.6. The van der Waals surface area contributed by atoms with Crippen LogP contribution in [0, 0.1) is 5.82 Å². The Morgan fingerprint density at radius 2 is 2.30 bits per heavy atom. The van der Waals surface area contributed by atoms with Crippen LogP contribution in [0.2, 0.25) is 0 Å². The molecule has 0 bridgehead atoms. The van der Waals surface area contributed by atoms with Crippen molar-refractivity contribution in [1.29, 1.82) is 0 Å². The zero-order chi connectivity index (χ0) is 14.7. The summed E-state index contributed by atoms with van der Waals surface area (Å²) in [6.07, 6.45) is 2.88. The van der Waals surface area contributed by atoms with Gasteiger partial charge in [-0.15, -0.1) is 0 Å². The number of likely N-dealkylation sites (N-methyl/N-ethyl adjacent to an activating group) is 1. The van der Waals surface area contributed by atoms with Gasteiger partial charge in [-0.2, -0.15) is 5.10 Å². The lowest BCUT2D eigenvalue weighted by molar-refractivity contribution is -0.133. The predicted octanol–water partition coefficient (Wildman–Crippen LogP) is 2.40. The number of nitrogens with zero attached hydrogens (tertiary/aromatic N) is 4. The lowest BCUT2D eigenvalue weighted by Crippen LogP contribution is -2.33. The van der Waals surface area contributed by atoms with E-state index in [1.54, 1.807) is 20.0 Å². The number of benzene rings is 1. The zero-order valence-corrected chi connectivity index (χ0v) is 12.7. The minimum atomic E-state index is -0.449. The first-order valence-electron chi connectivity index (χ1n) is 6.02. The Labute approximate surface area is 124 Å². The number of amides is 1. The Balaban J connectivity index is 2.09. The topological polar surface area (TPSA) is 51.0 Å². The molecule has 1 atom stereocenters. The Morgan fingerprint density at radius 3 is 2.95 bits per heavy atom. The van der Waals surface area contributed by atoms with Gasteiger partial charge in [-0.1, -0.05) is 15.9 Å². The number of rotatable bonds is 4. The van der Waals surface area contributed by atoms with Gasteiger partial charge in [0.15, 0.2) is 0 Å². The van der Waals surface area contributed by atoms with Crippen LogP contribution in [-0.4, -0.2) is 32.6 Å². The Morgan fingerprint density at radius 1 is 1.55 bits per heavy atom. The summed E-state index contributed by atoms with van der Waals surface area (Å²) in [5.41, 5.74) is 0.714. The first-order chi connectivity index (χ1) is 9.49. The van der Waals surface area contributed by atoms with E-state index < -0.39 is 6.04 Å². The van der Waals surface area contributed by atoms with Crippen LogP contribution in [0.4, 0.5) is 4.39 Å². The van der Waals surface area contributed by atoms with Crippen molar-refractivity contribution in [2.24, 2.45) is 0 Å². The van der Waals surface area contributed by atoms with E-state index in [0.717, 1.165) is 4.47 Å². The van der Waals surface area contributed by atoms with Crippen molar-refractivity contribution in [3.63, 3.8) is 0 Å². The van der Waals surface area contributed by atoms with Crippen molar-refractivity contribution in [3.8, 4) is 0 Å². The fourth-order valence-corrected chi connectivity index (χ4v) is 2.22. The number of carbonyl (C=O) groups excluding carboxylic acids is 1. The fourth-order valence-electron chi connectivity index (χ4n) is 1.85. The monoisotopic (exact) mass is 340 g/mol. The number of hydrogen-bond donors (Lipinski definition) is 0. The molecule has 0 aliphatic carbocycles. The second kappa shape index (κ2) is 6.13. The van der Waals surface area contributed by atoms with Crippen LogP contribution in [0.15, 0.2) is 35.3 Å². The van der Waals surface area contributed by atoms with Gasteiger partial charge in [-0.05, 0) is 30.7 Å². The molecule has 1 amide bonds. The summed E-state index contributed by atoms with van der Waals surface area (Å²) >= 11 is 3.35. The largest absolute Gasteiger partial charge is 0.340 e. The number of hydrogen-bond acceptors (Lipinski definition) is 3. The van der Waals surface area contributed by atoms with Gasteiger partial charge in [0.1, 0.15) is 24.5 Å². The highest BCUT2D eigenvalue weighted by atomic mass is 79.9. The molecule has 0 unspecified atom stereocenters. The molecule has 2 rings (SSSR count).